The molecule has 1 amide bonds. The van der Waals surface area contributed by atoms with Crippen LogP contribution in [0.3, 0.4) is 0 Å². The predicted molar refractivity (Wildman–Crippen MR) is 78.4 cm³/mol. The molecule has 1 aromatic rings. The Labute approximate surface area is 123 Å². The molecule has 21 heavy (non-hydrogen) atoms. The molecule has 5 nitrogen and oxygen atoms in total. The highest BCUT2D eigenvalue weighted by molar-refractivity contribution is 5.94. The SMILES string of the molecule is COC1CCCC(OCC(=O)Nc2ccc(F)cc2N)C1. The molecule has 1 aliphatic rings. The molecule has 6 heteroatoms. The maximum Gasteiger partial charge on any atom is 0.250 e. The number of hydrogen-bond acceptors (Lipinski definition) is 4. The number of carbonyl (C=O) groups is 1. The van der Waals surface area contributed by atoms with Crippen molar-refractivity contribution in [2.24, 2.45) is 0 Å². The highest BCUT2D eigenvalue weighted by Gasteiger charge is 2.22. The summed E-state index contributed by atoms with van der Waals surface area (Å²) in [6, 6.07) is 3.85. The van der Waals surface area contributed by atoms with Crippen LogP contribution in [0.5, 0.6) is 0 Å². The van der Waals surface area contributed by atoms with E-state index < -0.39 is 5.82 Å². The zero-order valence-electron chi connectivity index (χ0n) is 12.1. The second-order valence-electron chi connectivity index (χ2n) is 5.24. The number of nitrogens with one attached hydrogen (secondary N) is 1. The van der Waals surface area contributed by atoms with Crippen molar-refractivity contribution < 1.29 is 18.7 Å². The maximum absolute atomic E-state index is 12.9. The Balaban J connectivity index is 1.79. The van der Waals surface area contributed by atoms with Crippen molar-refractivity contribution in [1.82, 2.24) is 0 Å². The quantitative estimate of drug-likeness (QED) is 0.818. The van der Waals surface area contributed by atoms with Gasteiger partial charge >= 0.3 is 0 Å². The number of anilines is 2. The van der Waals surface area contributed by atoms with Gasteiger partial charge in [-0.25, -0.2) is 4.39 Å². The molecule has 1 saturated carbocycles. The van der Waals surface area contributed by atoms with E-state index in [1.54, 1.807) is 7.11 Å². The molecule has 2 unspecified atom stereocenters. The molecular weight excluding hydrogens is 275 g/mol. The molecule has 2 rings (SSSR count). The average molecular weight is 296 g/mol. The smallest absolute Gasteiger partial charge is 0.250 e. The third kappa shape index (κ3) is 4.68. The normalized spacial score (nSPS) is 22.0. The van der Waals surface area contributed by atoms with E-state index >= 15 is 0 Å². The molecule has 0 radical (unpaired) electrons. The monoisotopic (exact) mass is 296 g/mol. The lowest BCUT2D eigenvalue weighted by Gasteiger charge is -2.28. The standard InChI is InChI=1S/C15H21FN2O3/c1-20-11-3-2-4-12(8-11)21-9-15(19)18-14-6-5-10(16)7-13(14)17/h5-7,11-12H,2-4,8-9,17H2,1H3,(H,18,19). The van der Waals surface area contributed by atoms with Crippen molar-refractivity contribution in [1.29, 1.82) is 0 Å². The average Bonchev–Trinajstić information content (AvgIpc) is 2.48. The van der Waals surface area contributed by atoms with Gasteiger partial charge in [-0.05, 0) is 43.9 Å². The fraction of sp³-hybridized carbons (Fsp3) is 0.533. The number of amides is 1. The van der Waals surface area contributed by atoms with Crippen LogP contribution in [0.15, 0.2) is 18.2 Å². The Kier molecular flexibility index (Phi) is 5.52. The van der Waals surface area contributed by atoms with Crippen molar-refractivity contribution in [3.63, 3.8) is 0 Å². The third-order valence-electron chi connectivity index (χ3n) is 3.65. The van der Waals surface area contributed by atoms with Gasteiger partial charge in [-0.15, -0.1) is 0 Å². The van der Waals surface area contributed by atoms with Crippen LogP contribution in [0.1, 0.15) is 25.7 Å². The van der Waals surface area contributed by atoms with Gasteiger partial charge < -0.3 is 20.5 Å². The van der Waals surface area contributed by atoms with Crippen LogP contribution >= 0.6 is 0 Å². The van der Waals surface area contributed by atoms with Gasteiger partial charge in [0.15, 0.2) is 0 Å². The zero-order chi connectivity index (χ0) is 15.2. The molecule has 0 bridgehead atoms. The van der Waals surface area contributed by atoms with Crippen LogP contribution in [0.4, 0.5) is 15.8 Å². The van der Waals surface area contributed by atoms with Gasteiger partial charge in [-0.3, -0.25) is 4.79 Å². The van der Waals surface area contributed by atoms with Crippen LogP contribution in [0.25, 0.3) is 0 Å². The van der Waals surface area contributed by atoms with E-state index in [-0.39, 0.29) is 30.4 Å². The minimum absolute atomic E-state index is 0.0417. The van der Waals surface area contributed by atoms with E-state index in [9.17, 15) is 9.18 Å². The first-order valence-corrected chi connectivity index (χ1v) is 7.07. The Hall–Kier alpha value is -1.66. The summed E-state index contributed by atoms with van der Waals surface area (Å²) in [7, 11) is 1.69. The van der Waals surface area contributed by atoms with E-state index in [1.165, 1.54) is 18.2 Å². The second-order valence-corrected chi connectivity index (χ2v) is 5.24. The highest BCUT2D eigenvalue weighted by atomic mass is 19.1. The molecule has 0 spiro atoms. The minimum atomic E-state index is -0.436. The summed E-state index contributed by atoms with van der Waals surface area (Å²) in [5, 5.41) is 2.62. The zero-order valence-corrected chi connectivity index (χ0v) is 12.1. The number of methoxy groups -OCH3 is 1. The first kappa shape index (κ1) is 15.7. The van der Waals surface area contributed by atoms with E-state index in [0.29, 0.717) is 5.69 Å². The van der Waals surface area contributed by atoms with Crippen LogP contribution in [0.2, 0.25) is 0 Å². The minimum Gasteiger partial charge on any atom is -0.397 e. The number of ether oxygens (including phenoxy) is 2. The van der Waals surface area contributed by atoms with E-state index in [2.05, 4.69) is 5.32 Å². The number of halogens is 1. The van der Waals surface area contributed by atoms with Gasteiger partial charge in [0.1, 0.15) is 12.4 Å². The summed E-state index contributed by atoms with van der Waals surface area (Å²) >= 11 is 0. The van der Waals surface area contributed by atoms with Gasteiger partial charge in [0.05, 0.1) is 23.6 Å². The number of benzene rings is 1. The molecule has 0 aliphatic heterocycles. The number of rotatable bonds is 5. The Bertz CT molecular complexity index is 496. The topological polar surface area (TPSA) is 73.6 Å². The van der Waals surface area contributed by atoms with Gasteiger partial charge in [0.2, 0.25) is 5.91 Å². The van der Waals surface area contributed by atoms with Crippen molar-refractivity contribution in [3.05, 3.63) is 24.0 Å². The lowest BCUT2D eigenvalue weighted by molar-refractivity contribution is -0.124. The maximum atomic E-state index is 12.9. The van der Waals surface area contributed by atoms with Crippen LogP contribution < -0.4 is 11.1 Å². The van der Waals surface area contributed by atoms with E-state index in [0.717, 1.165) is 25.7 Å². The number of nitrogen functional groups attached to an aromatic ring is 1. The van der Waals surface area contributed by atoms with Gasteiger partial charge in [0, 0.05) is 7.11 Å². The summed E-state index contributed by atoms with van der Waals surface area (Å²) in [6.45, 7) is -0.0437. The summed E-state index contributed by atoms with van der Waals surface area (Å²) in [6.07, 6.45) is 4.07. The molecule has 0 heterocycles. The molecule has 2 atom stereocenters. The predicted octanol–water partition coefficient (Wildman–Crippen LogP) is 2.32. The van der Waals surface area contributed by atoms with Gasteiger partial charge in [-0.1, -0.05) is 0 Å². The molecule has 1 aliphatic carbocycles. The molecule has 0 aromatic heterocycles. The van der Waals surface area contributed by atoms with Crippen LogP contribution in [-0.4, -0.2) is 31.8 Å². The molecule has 1 aromatic carbocycles. The van der Waals surface area contributed by atoms with Gasteiger partial charge in [-0.2, -0.15) is 0 Å². The van der Waals surface area contributed by atoms with E-state index in [4.69, 9.17) is 15.2 Å². The second kappa shape index (κ2) is 7.38. The van der Waals surface area contributed by atoms with E-state index in [1.807, 2.05) is 0 Å². The van der Waals surface area contributed by atoms with Gasteiger partial charge in [0.25, 0.3) is 0 Å². The third-order valence-corrected chi connectivity index (χ3v) is 3.65. The summed E-state index contributed by atoms with van der Waals surface area (Å²) in [5.74, 6) is -0.734. The fourth-order valence-corrected chi connectivity index (χ4v) is 2.49. The molecule has 116 valence electrons. The number of nitrogens with two attached hydrogens (primary N) is 1. The Morgan fingerprint density at radius 2 is 2.19 bits per heavy atom. The molecule has 3 N–H and O–H groups in total. The first-order valence-electron chi connectivity index (χ1n) is 7.07. The summed E-state index contributed by atoms with van der Waals surface area (Å²) in [4.78, 5) is 11.8. The molecular formula is C15H21FN2O3. The summed E-state index contributed by atoms with van der Waals surface area (Å²) < 4.78 is 23.8. The van der Waals surface area contributed by atoms with Crippen molar-refractivity contribution in [2.75, 3.05) is 24.8 Å². The largest absolute Gasteiger partial charge is 0.397 e. The lowest BCUT2D eigenvalue weighted by Crippen LogP contribution is -2.30. The highest BCUT2D eigenvalue weighted by Crippen LogP contribution is 2.23. The number of hydrogen-bond donors (Lipinski definition) is 2. The first-order chi connectivity index (χ1) is 10.1. The molecule has 0 saturated heterocycles. The van der Waals surface area contributed by atoms with Crippen LogP contribution in [0, 0.1) is 5.82 Å². The van der Waals surface area contributed by atoms with Crippen LogP contribution in [-0.2, 0) is 14.3 Å². The lowest BCUT2D eigenvalue weighted by atomic mass is 9.95. The number of carbonyl (C=O) groups excluding carboxylic acids is 1. The Morgan fingerprint density at radius 3 is 2.90 bits per heavy atom. The molecule has 1 fully saturated rings. The van der Waals surface area contributed by atoms with Crippen molar-refractivity contribution in [3.8, 4) is 0 Å². The van der Waals surface area contributed by atoms with Crippen molar-refractivity contribution in [2.45, 2.75) is 37.9 Å². The van der Waals surface area contributed by atoms with Crippen molar-refractivity contribution >= 4 is 17.3 Å². The fourth-order valence-electron chi connectivity index (χ4n) is 2.49. The summed E-state index contributed by atoms with van der Waals surface area (Å²) in [5.41, 5.74) is 6.22. The Morgan fingerprint density at radius 1 is 1.43 bits per heavy atom.